The maximum atomic E-state index is 11.6. The molecule has 2 N–H and O–H groups in total. The number of hydrogen-bond acceptors (Lipinski definition) is 5. The lowest BCUT2D eigenvalue weighted by Crippen LogP contribution is -2.05. The molecule has 2 rings (SSSR count). The third kappa shape index (κ3) is 3.08. The van der Waals surface area contributed by atoms with Gasteiger partial charge in [-0.05, 0) is 24.1 Å². The average molecular weight is 288 g/mol. The molecule has 5 heteroatoms. The fourth-order valence-electron chi connectivity index (χ4n) is 1.96. The number of ether oxygens (including phenoxy) is 2. The number of benzene rings is 2. The molecule has 0 heterocycles. The number of phenolic OH excluding ortho intramolecular Hbond substituents is 2. The maximum Gasteiger partial charge on any atom is 0.342 e. The van der Waals surface area contributed by atoms with Crippen LogP contribution >= 0.6 is 0 Å². The lowest BCUT2D eigenvalue weighted by molar-refractivity contribution is 0.0595. The fraction of sp³-hybridized carbons (Fsp3) is 0.188. The van der Waals surface area contributed by atoms with Crippen molar-refractivity contribution in [1.29, 1.82) is 0 Å². The first-order valence-corrected chi connectivity index (χ1v) is 6.35. The van der Waals surface area contributed by atoms with Crippen LogP contribution in [0.4, 0.5) is 0 Å². The Morgan fingerprint density at radius 2 is 1.81 bits per heavy atom. The Balaban J connectivity index is 2.28. The molecular weight excluding hydrogens is 272 g/mol. The van der Waals surface area contributed by atoms with Gasteiger partial charge in [-0.1, -0.05) is 30.3 Å². The average Bonchev–Trinajstić information content (AvgIpc) is 2.50. The quantitative estimate of drug-likeness (QED) is 0.668. The van der Waals surface area contributed by atoms with Gasteiger partial charge in [0.05, 0.1) is 7.11 Å². The van der Waals surface area contributed by atoms with Crippen molar-refractivity contribution in [3.05, 3.63) is 53.1 Å². The Bertz CT molecular complexity index is 649. The summed E-state index contributed by atoms with van der Waals surface area (Å²) in [4.78, 5) is 11.6. The normalized spacial score (nSPS) is 10.2. The molecule has 2 aromatic carbocycles. The molecule has 0 aliphatic carbocycles. The molecule has 110 valence electrons. The van der Waals surface area contributed by atoms with Crippen LogP contribution in [-0.4, -0.2) is 23.3 Å². The van der Waals surface area contributed by atoms with Crippen LogP contribution in [0.15, 0.2) is 36.4 Å². The summed E-state index contributed by atoms with van der Waals surface area (Å²) in [5, 5.41) is 19.9. The van der Waals surface area contributed by atoms with Crippen LogP contribution in [-0.2, 0) is 11.3 Å². The molecule has 0 unspecified atom stereocenters. The third-order valence-electron chi connectivity index (χ3n) is 3.06. The summed E-state index contributed by atoms with van der Waals surface area (Å²) < 4.78 is 10.1. The number of esters is 1. The zero-order valence-electron chi connectivity index (χ0n) is 11.8. The summed E-state index contributed by atoms with van der Waals surface area (Å²) in [5.74, 6) is -1.61. The smallest absolute Gasteiger partial charge is 0.342 e. The molecule has 0 aliphatic rings. The standard InChI is InChI=1S/C16H16O5/c1-10-8-12(21-9-11-6-4-3-5-7-11)14(17)15(18)13(10)16(19)20-2/h3-8,17-18H,9H2,1-2H3. The van der Waals surface area contributed by atoms with Crippen LogP contribution in [0, 0.1) is 6.92 Å². The maximum absolute atomic E-state index is 11.6. The lowest BCUT2D eigenvalue weighted by Gasteiger charge is -2.13. The van der Waals surface area contributed by atoms with Gasteiger partial charge in [-0.25, -0.2) is 4.79 Å². The number of carbonyl (C=O) groups excluding carboxylic acids is 1. The summed E-state index contributed by atoms with van der Waals surface area (Å²) in [5.41, 5.74) is 1.31. The van der Waals surface area contributed by atoms with E-state index in [0.29, 0.717) is 5.56 Å². The predicted octanol–water partition coefficient (Wildman–Crippen LogP) is 2.77. The van der Waals surface area contributed by atoms with E-state index in [0.717, 1.165) is 5.56 Å². The highest BCUT2D eigenvalue weighted by Gasteiger charge is 2.22. The van der Waals surface area contributed by atoms with Gasteiger partial charge in [0.15, 0.2) is 11.5 Å². The fourth-order valence-corrected chi connectivity index (χ4v) is 1.96. The second kappa shape index (κ2) is 6.17. The minimum Gasteiger partial charge on any atom is -0.504 e. The number of phenols is 2. The Morgan fingerprint density at radius 3 is 2.43 bits per heavy atom. The third-order valence-corrected chi connectivity index (χ3v) is 3.06. The summed E-state index contributed by atoms with van der Waals surface area (Å²) in [6.45, 7) is 1.87. The van der Waals surface area contributed by atoms with Crippen molar-refractivity contribution >= 4 is 5.97 Å². The topological polar surface area (TPSA) is 76.0 Å². The van der Waals surface area contributed by atoms with Gasteiger partial charge in [0.25, 0.3) is 0 Å². The monoisotopic (exact) mass is 288 g/mol. The number of carbonyl (C=O) groups is 1. The first-order chi connectivity index (χ1) is 10.0. The van der Waals surface area contributed by atoms with Crippen LogP contribution in [0.1, 0.15) is 21.5 Å². The van der Waals surface area contributed by atoms with Crippen molar-refractivity contribution < 1.29 is 24.5 Å². The van der Waals surface area contributed by atoms with Gasteiger partial charge in [0, 0.05) is 0 Å². The molecule has 0 aromatic heterocycles. The van der Waals surface area contributed by atoms with E-state index in [1.165, 1.54) is 13.2 Å². The van der Waals surface area contributed by atoms with E-state index in [-0.39, 0.29) is 17.9 Å². The number of rotatable bonds is 4. The van der Waals surface area contributed by atoms with Crippen LogP contribution in [0.3, 0.4) is 0 Å². The lowest BCUT2D eigenvalue weighted by atomic mass is 10.1. The molecule has 5 nitrogen and oxygen atoms in total. The Morgan fingerprint density at radius 1 is 1.14 bits per heavy atom. The van der Waals surface area contributed by atoms with Crippen LogP contribution in [0.5, 0.6) is 17.2 Å². The highest BCUT2D eigenvalue weighted by atomic mass is 16.5. The minimum atomic E-state index is -0.713. The number of aromatic hydroxyl groups is 2. The van der Waals surface area contributed by atoms with Gasteiger partial charge < -0.3 is 19.7 Å². The van der Waals surface area contributed by atoms with Gasteiger partial charge in [-0.2, -0.15) is 0 Å². The van der Waals surface area contributed by atoms with Crippen LogP contribution < -0.4 is 4.74 Å². The molecule has 0 fully saturated rings. The van der Waals surface area contributed by atoms with Gasteiger partial charge >= 0.3 is 5.97 Å². The molecular formula is C16H16O5. The first-order valence-electron chi connectivity index (χ1n) is 6.35. The number of hydrogen-bond donors (Lipinski definition) is 2. The molecule has 0 spiro atoms. The second-order valence-electron chi connectivity index (χ2n) is 4.53. The van der Waals surface area contributed by atoms with Gasteiger partial charge in [-0.15, -0.1) is 0 Å². The second-order valence-corrected chi connectivity index (χ2v) is 4.53. The summed E-state index contributed by atoms with van der Waals surface area (Å²) in [6.07, 6.45) is 0. The highest BCUT2D eigenvalue weighted by molar-refractivity contribution is 5.95. The molecule has 21 heavy (non-hydrogen) atoms. The summed E-state index contributed by atoms with van der Waals surface area (Å²) in [6, 6.07) is 10.9. The number of aryl methyl sites for hydroxylation is 1. The van der Waals surface area contributed by atoms with E-state index >= 15 is 0 Å². The van der Waals surface area contributed by atoms with Gasteiger partial charge in [0.2, 0.25) is 5.75 Å². The highest BCUT2D eigenvalue weighted by Crippen LogP contribution is 2.40. The summed E-state index contributed by atoms with van der Waals surface area (Å²) >= 11 is 0. The predicted molar refractivity (Wildman–Crippen MR) is 76.6 cm³/mol. The molecule has 0 bridgehead atoms. The zero-order chi connectivity index (χ0) is 15.4. The molecule has 0 saturated carbocycles. The van der Waals surface area contributed by atoms with Crippen molar-refractivity contribution in [3.63, 3.8) is 0 Å². The van der Waals surface area contributed by atoms with Crippen molar-refractivity contribution in [2.24, 2.45) is 0 Å². The molecule has 0 amide bonds. The largest absolute Gasteiger partial charge is 0.504 e. The van der Waals surface area contributed by atoms with Crippen molar-refractivity contribution in [2.45, 2.75) is 13.5 Å². The van der Waals surface area contributed by atoms with E-state index in [4.69, 9.17) is 4.74 Å². The van der Waals surface area contributed by atoms with E-state index < -0.39 is 17.5 Å². The molecule has 0 saturated heterocycles. The van der Waals surface area contributed by atoms with Crippen molar-refractivity contribution in [2.75, 3.05) is 7.11 Å². The SMILES string of the molecule is COC(=O)c1c(C)cc(OCc2ccccc2)c(O)c1O. The van der Waals surface area contributed by atoms with Crippen molar-refractivity contribution in [1.82, 2.24) is 0 Å². The van der Waals surface area contributed by atoms with E-state index in [2.05, 4.69) is 4.74 Å². The first kappa shape index (κ1) is 14.7. The Kier molecular flexibility index (Phi) is 4.33. The van der Waals surface area contributed by atoms with Gasteiger partial charge in [0.1, 0.15) is 12.2 Å². The van der Waals surface area contributed by atoms with Crippen molar-refractivity contribution in [3.8, 4) is 17.2 Å². The Hall–Kier alpha value is -2.69. The van der Waals surface area contributed by atoms with Crippen LogP contribution in [0.2, 0.25) is 0 Å². The molecule has 0 radical (unpaired) electrons. The minimum absolute atomic E-state index is 0.0675. The van der Waals surface area contributed by atoms with E-state index in [9.17, 15) is 15.0 Å². The number of methoxy groups -OCH3 is 1. The van der Waals surface area contributed by atoms with E-state index in [1.807, 2.05) is 30.3 Å². The van der Waals surface area contributed by atoms with Gasteiger partial charge in [-0.3, -0.25) is 0 Å². The Labute approximate surface area is 122 Å². The zero-order valence-corrected chi connectivity index (χ0v) is 11.8. The molecule has 0 atom stereocenters. The molecule has 0 aliphatic heterocycles. The van der Waals surface area contributed by atoms with E-state index in [1.54, 1.807) is 6.92 Å². The van der Waals surface area contributed by atoms with Crippen LogP contribution in [0.25, 0.3) is 0 Å². The molecule has 2 aromatic rings. The summed E-state index contributed by atoms with van der Waals surface area (Å²) in [7, 11) is 1.21.